The summed E-state index contributed by atoms with van der Waals surface area (Å²) in [6, 6.07) is 7.25. The number of carbonyl (C=O) groups is 5. The fraction of sp³-hybridized carbons (Fsp3) is 0.523. The first-order valence-corrected chi connectivity index (χ1v) is 19.8. The first-order valence-electron chi connectivity index (χ1n) is 19.8. The van der Waals surface area contributed by atoms with E-state index in [-0.39, 0.29) is 36.0 Å². The Hall–Kier alpha value is -4.69. The Bertz CT molecular complexity index is 1570. The second kappa shape index (κ2) is 26.3. The summed E-state index contributed by atoms with van der Waals surface area (Å²) >= 11 is 0. The summed E-state index contributed by atoms with van der Waals surface area (Å²) < 4.78 is 6.06. The third-order valence-corrected chi connectivity index (χ3v) is 9.92. The molecule has 1 saturated heterocycles. The SMILES string of the molecule is C/C=C/CC(C=O)C(O)C(C)C/C=C/C=C/C[C@H](OC(=O)C1CCCN(C(=O)C(Cc2ccccc2)NC(=O)C(NC)C(C)C)N1)/C(C)=C/C=C/C(=O)N(C)OC. The first kappa shape index (κ1) is 48.5. The Labute approximate surface area is 339 Å². The molecule has 3 amide bonds. The van der Waals surface area contributed by atoms with Gasteiger partial charge in [0.25, 0.3) is 11.8 Å². The second-order valence-electron chi connectivity index (χ2n) is 14.7. The lowest BCUT2D eigenvalue weighted by Gasteiger charge is -2.36. The van der Waals surface area contributed by atoms with Crippen LogP contribution in [0.25, 0.3) is 0 Å². The number of aliphatic hydroxyl groups is 1. The largest absolute Gasteiger partial charge is 0.456 e. The summed E-state index contributed by atoms with van der Waals surface area (Å²) in [5.74, 6) is -2.17. The summed E-state index contributed by atoms with van der Waals surface area (Å²) in [6.07, 6.45) is 17.7. The molecule has 0 aromatic heterocycles. The molecule has 57 heavy (non-hydrogen) atoms. The van der Waals surface area contributed by atoms with E-state index in [1.54, 1.807) is 26.1 Å². The van der Waals surface area contributed by atoms with Crippen molar-refractivity contribution in [2.45, 2.75) is 103 Å². The molecule has 1 aromatic carbocycles. The third kappa shape index (κ3) is 16.7. The number of esters is 1. The average molecular weight is 792 g/mol. The smallest absolute Gasteiger partial charge is 0.325 e. The van der Waals surface area contributed by atoms with Crippen LogP contribution in [0.1, 0.15) is 72.3 Å². The maximum Gasteiger partial charge on any atom is 0.325 e. The number of aliphatic hydroxyl groups excluding tert-OH is 1. The van der Waals surface area contributed by atoms with Gasteiger partial charge in [-0.3, -0.25) is 29.0 Å². The quantitative estimate of drug-likeness (QED) is 0.0309. The van der Waals surface area contributed by atoms with Crippen molar-refractivity contribution in [2.75, 3.05) is 27.7 Å². The number of hydroxylamine groups is 2. The van der Waals surface area contributed by atoms with E-state index in [0.717, 1.165) is 16.9 Å². The van der Waals surface area contributed by atoms with E-state index in [2.05, 4.69) is 16.1 Å². The highest BCUT2D eigenvalue weighted by Gasteiger charge is 2.35. The van der Waals surface area contributed by atoms with Crippen LogP contribution in [-0.2, 0) is 40.0 Å². The zero-order valence-corrected chi connectivity index (χ0v) is 34.9. The van der Waals surface area contributed by atoms with Crippen molar-refractivity contribution in [3.8, 4) is 0 Å². The third-order valence-electron chi connectivity index (χ3n) is 9.92. The topological polar surface area (TPSA) is 167 Å². The van der Waals surface area contributed by atoms with E-state index >= 15 is 0 Å². The lowest BCUT2D eigenvalue weighted by molar-refractivity contribution is -0.162. The molecule has 1 aromatic rings. The molecule has 13 nitrogen and oxygen atoms in total. The van der Waals surface area contributed by atoms with Gasteiger partial charge in [-0.1, -0.05) is 99.7 Å². The maximum atomic E-state index is 14.0. The molecule has 2 rings (SSSR count). The fourth-order valence-corrected chi connectivity index (χ4v) is 6.30. The minimum absolute atomic E-state index is 0.00745. The molecule has 1 fully saturated rings. The Morgan fingerprint density at radius 2 is 1.72 bits per heavy atom. The van der Waals surface area contributed by atoms with Crippen LogP contribution in [-0.4, -0.2) is 103 Å². The number of likely N-dealkylation sites (N-methyl/N-ethyl adjacent to an activating group) is 2. The van der Waals surface area contributed by atoms with Gasteiger partial charge in [0.1, 0.15) is 24.5 Å². The highest BCUT2D eigenvalue weighted by molar-refractivity contribution is 5.90. The summed E-state index contributed by atoms with van der Waals surface area (Å²) in [5.41, 5.74) is 4.64. The summed E-state index contributed by atoms with van der Waals surface area (Å²) in [7, 11) is 4.59. The van der Waals surface area contributed by atoms with Crippen molar-refractivity contribution in [2.24, 2.45) is 17.8 Å². The van der Waals surface area contributed by atoms with Crippen molar-refractivity contribution in [1.82, 2.24) is 26.1 Å². The van der Waals surface area contributed by atoms with Gasteiger partial charge in [-0.25, -0.2) is 10.5 Å². The van der Waals surface area contributed by atoms with E-state index in [4.69, 9.17) is 9.57 Å². The fourth-order valence-electron chi connectivity index (χ4n) is 6.30. The van der Waals surface area contributed by atoms with Gasteiger partial charge in [0.05, 0.1) is 19.3 Å². The van der Waals surface area contributed by atoms with Gasteiger partial charge < -0.3 is 25.3 Å². The van der Waals surface area contributed by atoms with E-state index in [1.165, 1.54) is 25.2 Å². The van der Waals surface area contributed by atoms with Crippen molar-refractivity contribution in [1.29, 1.82) is 0 Å². The summed E-state index contributed by atoms with van der Waals surface area (Å²) in [5, 5.41) is 19.1. The molecule has 6 unspecified atom stereocenters. The zero-order valence-electron chi connectivity index (χ0n) is 34.9. The molecule has 4 N–H and O–H groups in total. The van der Waals surface area contributed by atoms with Gasteiger partial charge >= 0.3 is 5.97 Å². The summed E-state index contributed by atoms with van der Waals surface area (Å²) in [4.78, 5) is 69.7. The monoisotopic (exact) mass is 791 g/mol. The van der Waals surface area contributed by atoms with Gasteiger partial charge in [0, 0.05) is 38.4 Å². The van der Waals surface area contributed by atoms with Crippen LogP contribution < -0.4 is 16.1 Å². The molecule has 0 bridgehead atoms. The number of amides is 3. The molecule has 13 heteroatoms. The Morgan fingerprint density at radius 3 is 2.33 bits per heavy atom. The number of carbonyl (C=O) groups excluding carboxylic acids is 5. The molecular weight excluding hydrogens is 727 g/mol. The number of hydrazine groups is 1. The van der Waals surface area contributed by atoms with Crippen molar-refractivity contribution in [3.63, 3.8) is 0 Å². The Balaban J connectivity index is 2.22. The molecular formula is C44H65N5O8. The lowest BCUT2D eigenvalue weighted by atomic mass is 9.88. The number of hydrogen-bond donors (Lipinski definition) is 4. The van der Waals surface area contributed by atoms with E-state index < -0.39 is 42.2 Å². The first-order chi connectivity index (χ1) is 27.3. The van der Waals surface area contributed by atoms with Gasteiger partial charge in [0.2, 0.25) is 5.91 Å². The second-order valence-corrected chi connectivity index (χ2v) is 14.7. The van der Waals surface area contributed by atoms with Crippen molar-refractivity contribution in [3.05, 3.63) is 96.2 Å². The van der Waals surface area contributed by atoms with Gasteiger partial charge in [-0.05, 0) is 69.6 Å². The number of benzene rings is 1. The predicted octanol–water partition coefficient (Wildman–Crippen LogP) is 4.56. The molecule has 314 valence electrons. The van der Waals surface area contributed by atoms with Crippen molar-refractivity contribution < 1.29 is 38.7 Å². The van der Waals surface area contributed by atoms with E-state index in [0.29, 0.717) is 44.2 Å². The Kier molecular flexibility index (Phi) is 22.3. The van der Waals surface area contributed by atoms with E-state index in [9.17, 15) is 29.1 Å². The van der Waals surface area contributed by atoms with Gasteiger partial charge in [0.15, 0.2) is 0 Å². The minimum atomic E-state index is -0.879. The van der Waals surface area contributed by atoms with E-state index in [1.807, 2.05) is 94.5 Å². The molecule has 7 atom stereocenters. The highest BCUT2D eigenvalue weighted by atomic mass is 16.7. The standard InChI is InChI=1S/C44H65N5O8/c1-9-10-24-35(30-50)41(52)33(5)20-14-11-12-17-26-38(32(4)21-18-27-39(51)48(7)56-8)57-44(55)36-25-19-28-49(47-36)43(54)37(29-34-22-15-13-16-23-34)46-42(53)40(45-6)31(2)3/h9-18,21-23,27,30-31,33,35-38,40-41,45,47,52H,19-20,24-26,28-29H2,1-8H3,(H,46,53)/b10-9+,14-11+,17-12+,27-18+,32-21+/t33?,35?,36?,37?,38-,40?,41?/m0/s1. The van der Waals surface area contributed by atoms with Crippen LogP contribution >= 0.6 is 0 Å². The number of nitrogens with one attached hydrogen (secondary N) is 3. The number of ether oxygens (including phenoxy) is 1. The number of aldehydes is 1. The maximum absolute atomic E-state index is 14.0. The summed E-state index contributed by atoms with van der Waals surface area (Å²) in [6.45, 7) is 9.77. The number of hydrogen-bond acceptors (Lipinski definition) is 10. The van der Waals surface area contributed by atoms with Crippen molar-refractivity contribution >= 4 is 30.0 Å². The number of nitrogens with zero attached hydrogens (tertiary/aromatic N) is 2. The molecule has 0 aliphatic carbocycles. The predicted molar refractivity (Wildman–Crippen MR) is 222 cm³/mol. The van der Waals surface area contributed by atoms with Crippen LogP contribution in [0.3, 0.4) is 0 Å². The van der Waals surface area contributed by atoms with Gasteiger partial charge in [-0.2, -0.15) is 0 Å². The Morgan fingerprint density at radius 1 is 1.04 bits per heavy atom. The molecule has 0 spiro atoms. The molecule has 1 aliphatic rings. The van der Waals surface area contributed by atoms with Crippen LogP contribution in [0.5, 0.6) is 0 Å². The highest BCUT2D eigenvalue weighted by Crippen LogP contribution is 2.20. The molecule has 0 saturated carbocycles. The normalized spacial score (nSPS) is 18.5. The zero-order chi connectivity index (χ0) is 42.3. The molecule has 1 heterocycles. The molecule has 0 radical (unpaired) electrons. The lowest BCUT2D eigenvalue weighted by Crippen LogP contribution is -2.61. The average Bonchev–Trinajstić information content (AvgIpc) is 3.21. The number of allylic oxidation sites excluding steroid dienone is 7. The van der Waals surface area contributed by atoms with Crippen LogP contribution in [0, 0.1) is 17.8 Å². The van der Waals surface area contributed by atoms with Crippen LogP contribution in [0.2, 0.25) is 0 Å². The van der Waals surface area contributed by atoms with Crippen LogP contribution in [0.15, 0.2) is 90.6 Å². The minimum Gasteiger partial charge on any atom is -0.456 e. The van der Waals surface area contributed by atoms with Gasteiger partial charge in [-0.15, -0.1) is 0 Å². The van der Waals surface area contributed by atoms with Crippen LogP contribution in [0.4, 0.5) is 0 Å². The molecule has 1 aliphatic heterocycles. The number of rotatable bonds is 23.